The first-order valence-corrected chi connectivity index (χ1v) is 8.04. The summed E-state index contributed by atoms with van der Waals surface area (Å²) < 4.78 is 11.7. The van der Waals surface area contributed by atoms with Crippen molar-refractivity contribution in [2.75, 3.05) is 6.54 Å². The number of carbonyl (C=O) groups is 1. The summed E-state index contributed by atoms with van der Waals surface area (Å²) in [6, 6.07) is 8.17. The van der Waals surface area contributed by atoms with E-state index in [1.807, 2.05) is 38.1 Å². The van der Waals surface area contributed by atoms with E-state index in [1.165, 1.54) is 0 Å². The summed E-state index contributed by atoms with van der Waals surface area (Å²) in [7, 11) is 0. The van der Waals surface area contributed by atoms with Crippen LogP contribution in [0.4, 0.5) is 0 Å². The fourth-order valence-corrected chi connectivity index (χ4v) is 2.80. The van der Waals surface area contributed by atoms with Gasteiger partial charge in [-0.3, -0.25) is 4.79 Å². The van der Waals surface area contributed by atoms with Gasteiger partial charge < -0.3 is 14.5 Å². The van der Waals surface area contributed by atoms with Crippen molar-refractivity contribution < 1.29 is 13.9 Å². The molecule has 1 N–H and O–H groups in total. The minimum Gasteiger partial charge on any atom is -0.490 e. The molecule has 0 bridgehead atoms. The second-order valence-electron chi connectivity index (χ2n) is 6.30. The number of nitrogens with one attached hydrogen (secondary N) is 1. The van der Waals surface area contributed by atoms with E-state index in [1.54, 1.807) is 0 Å². The molecule has 1 saturated carbocycles. The first-order valence-electron chi connectivity index (χ1n) is 8.04. The van der Waals surface area contributed by atoms with Crippen molar-refractivity contribution in [3.63, 3.8) is 0 Å². The van der Waals surface area contributed by atoms with Crippen LogP contribution in [0.1, 0.15) is 44.2 Å². The molecule has 118 valence electrons. The highest BCUT2D eigenvalue weighted by Gasteiger charge is 2.30. The number of hydrogen-bond donors (Lipinski definition) is 1. The third-order valence-corrected chi connectivity index (χ3v) is 4.15. The predicted molar refractivity (Wildman–Crippen MR) is 86.5 cm³/mol. The van der Waals surface area contributed by atoms with Gasteiger partial charge in [-0.25, -0.2) is 0 Å². The van der Waals surface area contributed by atoms with Gasteiger partial charge in [0.2, 0.25) is 5.78 Å². The SMILES string of the molecule is CCNC1CC(Oc2ccc3cc(C(=O)C(C)C)oc3c2)C1. The first-order chi connectivity index (χ1) is 10.6. The number of ketones is 1. The molecule has 22 heavy (non-hydrogen) atoms. The average Bonchev–Trinajstić information content (AvgIpc) is 2.87. The van der Waals surface area contributed by atoms with Gasteiger partial charge in [0.25, 0.3) is 0 Å². The predicted octanol–water partition coefficient (Wildman–Crippen LogP) is 3.79. The molecule has 0 saturated heterocycles. The molecule has 1 aliphatic rings. The summed E-state index contributed by atoms with van der Waals surface area (Å²) in [6.45, 7) is 6.88. The van der Waals surface area contributed by atoms with Crippen LogP contribution in [0.25, 0.3) is 11.0 Å². The lowest BCUT2D eigenvalue weighted by atomic mass is 9.89. The van der Waals surface area contributed by atoms with Gasteiger partial charge >= 0.3 is 0 Å². The van der Waals surface area contributed by atoms with E-state index in [-0.39, 0.29) is 17.8 Å². The van der Waals surface area contributed by atoms with Crippen LogP contribution in [0.5, 0.6) is 5.75 Å². The lowest BCUT2D eigenvalue weighted by Crippen LogP contribution is -2.46. The minimum absolute atomic E-state index is 0.0335. The molecule has 1 aromatic carbocycles. The van der Waals surface area contributed by atoms with Crippen molar-refractivity contribution in [2.45, 2.75) is 45.8 Å². The molecule has 1 aliphatic carbocycles. The molecule has 0 radical (unpaired) electrons. The van der Waals surface area contributed by atoms with E-state index in [9.17, 15) is 4.79 Å². The number of carbonyl (C=O) groups excluding carboxylic acids is 1. The summed E-state index contributed by atoms with van der Waals surface area (Å²) >= 11 is 0. The largest absolute Gasteiger partial charge is 0.490 e. The van der Waals surface area contributed by atoms with Gasteiger partial charge in [0.15, 0.2) is 5.76 Å². The van der Waals surface area contributed by atoms with Crippen LogP contribution in [0.15, 0.2) is 28.7 Å². The van der Waals surface area contributed by atoms with E-state index in [0.717, 1.165) is 30.5 Å². The van der Waals surface area contributed by atoms with Gasteiger partial charge in [0, 0.05) is 23.4 Å². The number of furan rings is 1. The minimum atomic E-state index is -0.0609. The van der Waals surface area contributed by atoms with Crippen molar-refractivity contribution in [3.8, 4) is 5.75 Å². The van der Waals surface area contributed by atoms with Crippen molar-refractivity contribution in [2.24, 2.45) is 5.92 Å². The van der Waals surface area contributed by atoms with Gasteiger partial charge in [0.1, 0.15) is 17.4 Å². The van der Waals surface area contributed by atoms with Crippen LogP contribution in [0.3, 0.4) is 0 Å². The molecule has 0 spiro atoms. The maximum Gasteiger partial charge on any atom is 0.200 e. The Labute approximate surface area is 130 Å². The molecule has 3 rings (SSSR count). The maximum atomic E-state index is 12.0. The maximum absolute atomic E-state index is 12.0. The second-order valence-corrected chi connectivity index (χ2v) is 6.30. The number of fused-ring (bicyclic) bond motifs is 1. The van der Waals surface area contributed by atoms with Gasteiger partial charge in [-0.15, -0.1) is 0 Å². The third-order valence-electron chi connectivity index (χ3n) is 4.15. The fourth-order valence-electron chi connectivity index (χ4n) is 2.80. The standard InChI is InChI=1S/C18H23NO3/c1-4-19-13-8-15(9-13)21-14-6-5-12-7-17(18(20)11(2)3)22-16(12)10-14/h5-7,10-11,13,15,19H,4,8-9H2,1-3H3. The van der Waals surface area contributed by atoms with Gasteiger partial charge in [0.05, 0.1) is 0 Å². The molecular formula is C18H23NO3. The van der Waals surface area contributed by atoms with Crippen molar-refractivity contribution in [1.82, 2.24) is 5.32 Å². The highest BCUT2D eigenvalue weighted by atomic mass is 16.5. The fraction of sp³-hybridized carbons (Fsp3) is 0.500. The molecule has 4 heteroatoms. The summed E-state index contributed by atoms with van der Waals surface area (Å²) in [4.78, 5) is 12.0. The summed E-state index contributed by atoms with van der Waals surface area (Å²) in [5, 5.41) is 4.36. The van der Waals surface area contributed by atoms with Crippen LogP contribution in [0, 0.1) is 5.92 Å². The molecule has 1 aromatic heterocycles. The van der Waals surface area contributed by atoms with Crippen molar-refractivity contribution in [3.05, 3.63) is 30.0 Å². The second kappa shape index (κ2) is 6.13. The van der Waals surface area contributed by atoms with Gasteiger partial charge in [-0.2, -0.15) is 0 Å². The number of rotatable bonds is 6. The Morgan fingerprint density at radius 2 is 2.14 bits per heavy atom. The quantitative estimate of drug-likeness (QED) is 0.825. The molecule has 4 nitrogen and oxygen atoms in total. The Hall–Kier alpha value is -1.81. The Bertz CT molecular complexity index is 668. The molecular weight excluding hydrogens is 278 g/mol. The van der Waals surface area contributed by atoms with Crippen LogP contribution in [-0.4, -0.2) is 24.5 Å². The van der Waals surface area contributed by atoms with Crippen molar-refractivity contribution >= 4 is 16.8 Å². The lowest BCUT2D eigenvalue weighted by molar-refractivity contribution is 0.0859. The Morgan fingerprint density at radius 1 is 1.36 bits per heavy atom. The zero-order chi connectivity index (χ0) is 15.7. The molecule has 0 amide bonds. The van der Waals surface area contributed by atoms with E-state index >= 15 is 0 Å². The molecule has 1 fully saturated rings. The normalized spacial score (nSPS) is 21.1. The Kier molecular flexibility index (Phi) is 4.21. The molecule has 1 heterocycles. The number of Topliss-reactive ketones (excluding diaryl/α,β-unsaturated/α-hetero) is 1. The number of ether oxygens (including phenoxy) is 1. The number of hydrogen-bond acceptors (Lipinski definition) is 4. The summed E-state index contributed by atoms with van der Waals surface area (Å²) in [5.74, 6) is 1.21. The molecule has 0 unspecified atom stereocenters. The monoisotopic (exact) mass is 301 g/mol. The van der Waals surface area contributed by atoms with Gasteiger partial charge in [-0.1, -0.05) is 20.8 Å². The smallest absolute Gasteiger partial charge is 0.200 e. The van der Waals surface area contributed by atoms with Crippen LogP contribution < -0.4 is 10.1 Å². The Morgan fingerprint density at radius 3 is 2.82 bits per heavy atom. The highest BCUT2D eigenvalue weighted by Crippen LogP contribution is 2.30. The lowest BCUT2D eigenvalue weighted by Gasteiger charge is -2.35. The Balaban J connectivity index is 1.69. The first kappa shape index (κ1) is 15.1. The third kappa shape index (κ3) is 3.02. The van der Waals surface area contributed by atoms with Crippen LogP contribution in [0.2, 0.25) is 0 Å². The van der Waals surface area contributed by atoms with Gasteiger partial charge in [-0.05, 0) is 37.6 Å². The van der Waals surface area contributed by atoms with Crippen molar-refractivity contribution in [1.29, 1.82) is 0 Å². The van der Waals surface area contributed by atoms with E-state index in [2.05, 4.69) is 12.2 Å². The summed E-state index contributed by atoms with van der Waals surface area (Å²) in [6.07, 6.45) is 2.36. The van der Waals surface area contributed by atoms with E-state index < -0.39 is 0 Å². The van der Waals surface area contributed by atoms with Crippen LogP contribution in [-0.2, 0) is 0 Å². The van der Waals surface area contributed by atoms with E-state index in [4.69, 9.17) is 9.15 Å². The molecule has 0 atom stereocenters. The molecule has 2 aromatic rings. The zero-order valence-electron chi connectivity index (χ0n) is 13.4. The topological polar surface area (TPSA) is 51.5 Å². The molecule has 0 aliphatic heterocycles. The van der Waals surface area contributed by atoms with E-state index in [0.29, 0.717) is 17.4 Å². The average molecular weight is 301 g/mol. The highest BCUT2D eigenvalue weighted by molar-refractivity contribution is 5.98. The number of benzene rings is 1. The van der Waals surface area contributed by atoms with Crippen LogP contribution >= 0.6 is 0 Å². The zero-order valence-corrected chi connectivity index (χ0v) is 13.4. The summed E-state index contributed by atoms with van der Waals surface area (Å²) in [5.41, 5.74) is 0.712.